The van der Waals surface area contributed by atoms with Crippen LogP contribution >= 0.6 is 11.8 Å². The van der Waals surface area contributed by atoms with Crippen LogP contribution in [0.4, 0.5) is 0 Å². The van der Waals surface area contributed by atoms with E-state index in [1.54, 1.807) is 0 Å². The highest BCUT2D eigenvalue weighted by atomic mass is 32.2. The first-order valence-corrected chi connectivity index (χ1v) is 6.21. The summed E-state index contributed by atoms with van der Waals surface area (Å²) >= 11 is 1.96. The highest BCUT2D eigenvalue weighted by Gasteiger charge is 2.04. The van der Waals surface area contributed by atoms with Crippen molar-refractivity contribution in [3.8, 4) is 0 Å². The van der Waals surface area contributed by atoms with Gasteiger partial charge in [0.25, 0.3) is 0 Å². The van der Waals surface area contributed by atoms with Crippen LogP contribution in [0, 0.1) is 5.92 Å². The molecule has 1 unspecified atom stereocenters. The number of hydrogen-bond acceptors (Lipinski definition) is 2. The van der Waals surface area contributed by atoms with E-state index in [0.717, 1.165) is 24.5 Å². The van der Waals surface area contributed by atoms with Crippen molar-refractivity contribution in [1.82, 2.24) is 0 Å². The quantitative estimate of drug-likeness (QED) is 0.641. The average Bonchev–Trinajstić information content (AvgIpc) is 2.03. The van der Waals surface area contributed by atoms with Crippen LogP contribution in [0.25, 0.3) is 0 Å². The molecule has 0 aromatic heterocycles. The Balaban J connectivity index is 3.40. The molecule has 0 saturated carbocycles. The molecule has 13 heavy (non-hydrogen) atoms. The van der Waals surface area contributed by atoms with Crippen LogP contribution in [0.3, 0.4) is 0 Å². The third-order valence-electron chi connectivity index (χ3n) is 1.83. The number of rotatable bonds is 7. The van der Waals surface area contributed by atoms with E-state index < -0.39 is 0 Å². The van der Waals surface area contributed by atoms with Crippen LogP contribution < -0.4 is 5.73 Å². The molecule has 0 bridgehead atoms. The van der Waals surface area contributed by atoms with Crippen LogP contribution in [0.1, 0.15) is 33.6 Å². The molecule has 0 rings (SSSR count). The molecule has 2 heteroatoms. The zero-order valence-electron chi connectivity index (χ0n) is 9.18. The maximum atomic E-state index is 5.95. The molecule has 0 heterocycles. The van der Waals surface area contributed by atoms with Gasteiger partial charge in [-0.1, -0.05) is 32.9 Å². The minimum atomic E-state index is 0.302. The summed E-state index contributed by atoms with van der Waals surface area (Å²) in [6.07, 6.45) is 2.05. The largest absolute Gasteiger partial charge is 0.327 e. The lowest BCUT2D eigenvalue weighted by Gasteiger charge is -2.12. The van der Waals surface area contributed by atoms with E-state index >= 15 is 0 Å². The Labute approximate surface area is 87.2 Å². The smallest absolute Gasteiger partial charge is 0.0167 e. The van der Waals surface area contributed by atoms with Crippen molar-refractivity contribution < 1.29 is 0 Å². The first-order valence-electron chi connectivity index (χ1n) is 5.06. The molecule has 0 aliphatic carbocycles. The predicted octanol–water partition coefficient (Wildman–Crippen LogP) is 3.06. The second kappa shape index (κ2) is 7.45. The van der Waals surface area contributed by atoms with E-state index in [9.17, 15) is 0 Å². The topological polar surface area (TPSA) is 26.0 Å². The summed E-state index contributed by atoms with van der Waals surface area (Å²) in [5.74, 6) is 3.05. The summed E-state index contributed by atoms with van der Waals surface area (Å²) < 4.78 is 0. The molecular weight excluding hydrogens is 178 g/mol. The molecule has 0 saturated heterocycles. The van der Waals surface area contributed by atoms with Gasteiger partial charge >= 0.3 is 0 Å². The first-order chi connectivity index (χ1) is 6.06. The fourth-order valence-corrected chi connectivity index (χ4v) is 2.06. The van der Waals surface area contributed by atoms with E-state index in [4.69, 9.17) is 5.73 Å². The van der Waals surface area contributed by atoms with Crippen LogP contribution in [-0.4, -0.2) is 17.5 Å². The SMILES string of the molecule is C=C(CC)CC(N)CSCC(C)C. The van der Waals surface area contributed by atoms with Gasteiger partial charge in [-0.25, -0.2) is 0 Å². The Morgan fingerprint density at radius 2 is 2.00 bits per heavy atom. The highest BCUT2D eigenvalue weighted by Crippen LogP contribution is 2.12. The molecule has 0 aromatic rings. The zero-order valence-corrected chi connectivity index (χ0v) is 9.99. The van der Waals surface area contributed by atoms with Gasteiger partial charge in [-0.2, -0.15) is 11.8 Å². The van der Waals surface area contributed by atoms with Gasteiger partial charge in [0.1, 0.15) is 0 Å². The van der Waals surface area contributed by atoms with Crippen molar-refractivity contribution >= 4 is 11.8 Å². The number of nitrogens with two attached hydrogens (primary N) is 1. The van der Waals surface area contributed by atoms with E-state index in [2.05, 4.69) is 27.4 Å². The van der Waals surface area contributed by atoms with Gasteiger partial charge in [0.2, 0.25) is 0 Å². The van der Waals surface area contributed by atoms with Gasteiger partial charge < -0.3 is 5.73 Å². The molecule has 2 N–H and O–H groups in total. The van der Waals surface area contributed by atoms with E-state index in [0.29, 0.717) is 6.04 Å². The molecule has 0 amide bonds. The summed E-state index contributed by atoms with van der Waals surface area (Å²) in [5, 5.41) is 0. The van der Waals surface area contributed by atoms with Gasteiger partial charge in [-0.3, -0.25) is 0 Å². The average molecular weight is 201 g/mol. The van der Waals surface area contributed by atoms with Crippen molar-refractivity contribution in [2.45, 2.75) is 39.7 Å². The van der Waals surface area contributed by atoms with Gasteiger partial charge in [0, 0.05) is 11.8 Å². The molecule has 1 atom stereocenters. The maximum absolute atomic E-state index is 5.95. The summed E-state index contributed by atoms with van der Waals surface area (Å²) in [6.45, 7) is 10.6. The fraction of sp³-hybridized carbons (Fsp3) is 0.818. The Hall–Kier alpha value is 0.0500. The lowest BCUT2D eigenvalue weighted by atomic mass is 10.1. The van der Waals surface area contributed by atoms with Crippen molar-refractivity contribution in [1.29, 1.82) is 0 Å². The molecule has 0 aliphatic heterocycles. The van der Waals surface area contributed by atoms with Crippen molar-refractivity contribution in [2.24, 2.45) is 11.7 Å². The molecule has 0 aromatic carbocycles. The lowest BCUT2D eigenvalue weighted by Crippen LogP contribution is -2.23. The zero-order chi connectivity index (χ0) is 10.3. The van der Waals surface area contributed by atoms with Crippen LogP contribution in [0.5, 0.6) is 0 Å². The van der Waals surface area contributed by atoms with E-state index in [1.165, 1.54) is 11.3 Å². The third-order valence-corrected chi connectivity index (χ3v) is 3.40. The Morgan fingerprint density at radius 1 is 1.38 bits per heavy atom. The first kappa shape index (κ1) is 13.1. The lowest BCUT2D eigenvalue weighted by molar-refractivity contribution is 0.717. The molecule has 0 radical (unpaired) electrons. The third kappa shape index (κ3) is 8.38. The Morgan fingerprint density at radius 3 is 2.46 bits per heavy atom. The summed E-state index contributed by atoms with van der Waals surface area (Å²) in [5.41, 5.74) is 7.23. The highest BCUT2D eigenvalue weighted by molar-refractivity contribution is 7.99. The molecule has 0 spiro atoms. The number of hydrogen-bond donors (Lipinski definition) is 1. The predicted molar refractivity (Wildman–Crippen MR) is 64.2 cm³/mol. The second-order valence-corrected chi connectivity index (χ2v) is 5.07. The van der Waals surface area contributed by atoms with E-state index in [1.807, 2.05) is 11.8 Å². The minimum absolute atomic E-state index is 0.302. The molecule has 1 nitrogen and oxygen atoms in total. The molecular formula is C11H23NS. The van der Waals surface area contributed by atoms with Gasteiger partial charge in [0.15, 0.2) is 0 Å². The van der Waals surface area contributed by atoms with E-state index in [-0.39, 0.29) is 0 Å². The number of thioether (sulfide) groups is 1. The van der Waals surface area contributed by atoms with Crippen molar-refractivity contribution in [3.63, 3.8) is 0 Å². The van der Waals surface area contributed by atoms with Gasteiger partial charge in [-0.05, 0) is 24.5 Å². The van der Waals surface area contributed by atoms with Crippen molar-refractivity contribution in [3.05, 3.63) is 12.2 Å². The molecule has 78 valence electrons. The maximum Gasteiger partial charge on any atom is 0.0167 e. The van der Waals surface area contributed by atoms with Crippen LogP contribution in [0.15, 0.2) is 12.2 Å². The van der Waals surface area contributed by atoms with Crippen LogP contribution in [-0.2, 0) is 0 Å². The van der Waals surface area contributed by atoms with Crippen molar-refractivity contribution in [2.75, 3.05) is 11.5 Å². The summed E-state index contributed by atoms with van der Waals surface area (Å²) in [7, 11) is 0. The van der Waals surface area contributed by atoms with Gasteiger partial charge in [0.05, 0.1) is 0 Å². The van der Waals surface area contributed by atoms with Crippen LogP contribution in [0.2, 0.25) is 0 Å². The molecule has 0 aliphatic rings. The monoisotopic (exact) mass is 201 g/mol. The van der Waals surface area contributed by atoms with Gasteiger partial charge in [-0.15, -0.1) is 0 Å². The Bertz CT molecular complexity index is 143. The standard InChI is InChI=1S/C11H23NS/c1-5-10(4)6-11(12)8-13-7-9(2)3/h9,11H,4-8,12H2,1-3H3. The fourth-order valence-electron chi connectivity index (χ4n) is 1.03. The molecule has 0 fully saturated rings. The summed E-state index contributed by atoms with van der Waals surface area (Å²) in [4.78, 5) is 0. The Kier molecular flexibility index (Phi) is 7.48. The summed E-state index contributed by atoms with van der Waals surface area (Å²) in [6, 6.07) is 0.302. The second-order valence-electron chi connectivity index (χ2n) is 4.00. The normalized spacial score (nSPS) is 13.3. The minimum Gasteiger partial charge on any atom is -0.327 e.